The van der Waals surface area contributed by atoms with Crippen LogP contribution in [0.3, 0.4) is 0 Å². The molecule has 0 amide bonds. The lowest BCUT2D eigenvalue weighted by atomic mass is 10.3. The zero-order valence-corrected chi connectivity index (χ0v) is 8.98. The summed E-state index contributed by atoms with van der Waals surface area (Å²) in [4.78, 5) is 0. The number of aromatic nitrogens is 3. The average molecular weight is 244 g/mol. The third-order valence-electron chi connectivity index (χ3n) is 1.74. The van der Waals surface area contributed by atoms with Gasteiger partial charge in [0, 0.05) is 10.7 Å². The third kappa shape index (κ3) is 2.16. The largest absolute Gasteiger partial charge is 0.282 e. The maximum atomic E-state index is 10.9. The van der Waals surface area contributed by atoms with Gasteiger partial charge in [0.25, 0.3) is 9.05 Å². The van der Waals surface area contributed by atoms with Crippen molar-refractivity contribution in [2.75, 3.05) is 0 Å². The molecule has 0 aliphatic rings. The molecule has 1 aromatic heterocycles. The van der Waals surface area contributed by atoms with Crippen LogP contribution in [-0.2, 0) is 9.05 Å². The van der Waals surface area contributed by atoms with Crippen molar-refractivity contribution >= 4 is 19.7 Å². The van der Waals surface area contributed by atoms with Gasteiger partial charge in [0.15, 0.2) is 0 Å². The first kappa shape index (κ1) is 10.1. The van der Waals surface area contributed by atoms with Crippen LogP contribution < -0.4 is 0 Å². The van der Waals surface area contributed by atoms with Crippen LogP contribution in [0.1, 0.15) is 0 Å². The lowest BCUT2D eigenvalue weighted by Crippen LogP contribution is -1.93. The van der Waals surface area contributed by atoms with Crippen LogP contribution in [0.2, 0.25) is 0 Å². The molecule has 5 nitrogen and oxygen atoms in total. The fourth-order valence-corrected chi connectivity index (χ4v) is 1.64. The first-order valence-corrected chi connectivity index (χ1v) is 6.31. The smallest absolute Gasteiger partial charge is 0.219 e. The Labute approximate surface area is 90.7 Å². The number of nitrogens with zero attached hydrogens (tertiary/aromatic N) is 3. The Bertz CT molecular complexity index is 565. The quantitative estimate of drug-likeness (QED) is 0.744. The number of hydrogen-bond donors (Lipinski definition) is 0. The molecule has 0 aliphatic carbocycles. The Kier molecular flexibility index (Phi) is 2.45. The standard InChI is InChI=1S/C8H6ClN3O2S/c9-15(13,14)8-6-12(11-10-8)7-4-2-1-3-5-7/h1-6H. The van der Waals surface area contributed by atoms with Crippen LogP contribution in [0.5, 0.6) is 0 Å². The minimum Gasteiger partial charge on any atom is -0.219 e. The SMILES string of the molecule is O=S(=O)(Cl)c1cn(-c2ccccc2)nn1. The van der Waals surface area contributed by atoms with Crippen molar-refractivity contribution in [1.82, 2.24) is 15.0 Å². The highest BCUT2D eigenvalue weighted by Gasteiger charge is 2.15. The molecule has 1 heterocycles. The summed E-state index contributed by atoms with van der Waals surface area (Å²) in [5.74, 6) is 0. The van der Waals surface area contributed by atoms with Gasteiger partial charge in [-0.3, -0.25) is 0 Å². The highest BCUT2D eigenvalue weighted by Crippen LogP contribution is 2.12. The number of benzene rings is 1. The van der Waals surface area contributed by atoms with Gasteiger partial charge in [-0.05, 0) is 12.1 Å². The van der Waals surface area contributed by atoms with Crippen molar-refractivity contribution in [3.63, 3.8) is 0 Å². The van der Waals surface area contributed by atoms with E-state index in [1.54, 1.807) is 12.1 Å². The minimum atomic E-state index is -3.81. The molecule has 0 aliphatic heterocycles. The maximum absolute atomic E-state index is 10.9. The van der Waals surface area contributed by atoms with Crippen molar-refractivity contribution in [3.8, 4) is 5.69 Å². The minimum absolute atomic E-state index is 0.256. The first-order chi connectivity index (χ1) is 7.07. The summed E-state index contributed by atoms with van der Waals surface area (Å²) in [6, 6.07) is 9.02. The zero-order valence-electron chi connectivity index (χ0n) is 7.41. The van der Waals surface area contributed by atoms with E-state index in [0.29, 0.717) is 0 Å². The van der Waals surface area contributed by atoms with E-state index in [2.05, 4.69) is 10.3 Å². The summed E-state index contributed by atoms with van der Waals surface area (Å²) < 4.78 is 23.2. The van der Waals surface area contributed by atoms with E-state index in [9.17, 15) is 8.42 Å². The predicted molar refractivity (Wildman–Crippen MR) is 54.4 cm³/mol. The van der Waals surface area contributed by atoms with Crippen LogP contribution in [0.25, 0.3) is 5.69 Å². The fraction of sp³-hybridized carbons (Fsp3) is 0. The average Bonchev–Trinajstić information content (AvgIpc) is 2.67. The van der Waals surface area contributed by atoms with Gasteiger partial charge in [-0.15, -0.1) is 5.10 Å². The van der Waals surface area contributed by atoms with Gasteiger partial charge in [-0.25, -0.2) is 13.1 Å². The van der Waals surface area contributed by atoms with Crippen LogP contribution >= 0.6 is 10.7 Å². The van der Waals surface area contributed by atoms with Gasteiger partial charge in [0.05, 0.1) is 11.9 Å². The summed E-state index contributed by atoms with van der Waals surface area (Å²) in [5.41, 5.74) is 0.719. The molecule has 0 spiro atoms. The van der Waals surface area contributed by atoms with E-state index in [0.717, 1.165) is 5.69 Å². The Morgan fingerprint density at radius 1 is 1.20 bits per heavy atom. The summed E-state index contributed by atoms with van der Waals surface area (Å²) in [5, 5.41) is 6.86. The Morgan fingerprint density at radius 3 is 2.40 bits per heavy atom. The van der Waals surface area contributed by atoms with Crippen molar-refractivity contribution in [1.29, 1.82) is 0 Å². The second-order valence-electron chi connectivity index (χ2n) is 2.77. The van der Waals surface area contributed by atoms with E-state index < -0.39 is 9.05 Å². The van der Waals surface area contributed by atoms with Gasteiger partial charge in [0.2, 0.25) is 5.03 Å². The summed E-state index contributed by atoms with van der Waals surface area (Å²) in [7, 11) is 1.30. The molecular weight excluding hydrogens is 238 g/mol. The normalized spacial score (nSPS) is 11.5. The highest BCUT2D eigenvalue weighted by molar-refractivity contribution is 8.13. The topological polar surface area (TPSA) is 64.8 Å². The molecule has 15 heavy (non-hydrogen) atoms. The van der Waals surface area contributed by atoms with Gasteiger partial charge < -0.3 is 0 Å². The molecule has 0 radical (unpaired) electrons. The maximum Gasteiger partial charge on any atom is 0.282 e. The Hall–Kier alpha value is -1.40. The molecule has 0 unspecified atom stereocenters. The number of hydrogen-bond acceptors (Lipinski definition) is 4. The van der Waals surface area contributed by atoms with Gasteiger partial charge >= 0.3 is 0 Å². The van der Waals surface area contributed by atoms with Crippen LogP contribution in [0.4, 0.5) is 0 Å². The van der Waals surface area contributed by atoms with E-state index in [4.69, 9.17) is 10.7 Å². The van der Waals surface area contributed by atoms with Crippen molar-refractivity contribution in [3.05, 3.63) is 36.5 Å². The third-order valence-corrected chi connectivity index (χ3v) is 2.90. The lowest BCUT2D eigenvalue weighted by molar-refractivity contribution is 0.605. The van der Waals surface area contributed by atoms with E-state index in [1.165, 1.54) is 10.9 Å². The molecule has 0 fully saturated rings. The van der Waals surface area contributed by atoms with Crippen molar-refractivity contribution < 1.29 is 8.42 Å². The molecule has 0 saturated heterocycles. The molecule has 0 saturated carbocycles. The molecular formula is C8H6ClN3O2S. The summed E-state index contributed by atoms with van der Waals surface area (Å²) >= 11 is 0. The first-order valence-electron chi connectivity index (χ1n) is 4.00. The second kappa shape index (κ2) is 3.63. The molecule has 0 atom stereocenters. The van der Waals surface area contributed by atoms with Gasteiger partial charge in [-0.1, -0.05) is 23.4 Å². The van der Waals surface area contributed by atoms with Gasteiger partial charge in [0.1, 0.15) is 0 Å². The van der Waals surface area contributed by atoms with E-state index >= 15 is 0 Å². The Morgan fingerprint density at radius 2 is 1.87 bits per heavy atom. The number of para-hydroxylation sites is 1. The molecule has 1 aromatic carbocycles. The van der Waals surface area contributed by atoms with Crippen LogP contribution in [0.15, 0.2) is 41.6 Å². The highest BCUT2D eigenvalue weighted by atomic mass is 35.7. The van der Waals surface area contributed by atoms with E-state index in [1.807, 2.05) is 18.2 Å². The fourth-order valence-electron chi connectivity index (χ4n) is 1.07. The number of rotatable bonds is 2. The zero-order chi connectivity index (χ0) is 10.9. The molecule has 2 rings (SSSR count). The summed E-state index contributed by atoms with van der Waals surface area (Å²) in [6.07, 6.45) is 1.26. The molecule has 0 bridgehead atoms. The Balaban J connectivity index is 2.46. The second-order valence-corrected chi connectivity index (χ2v) is 5.29. The monoisotopic (exact) mass is 243 g/mol. The van der Waals surface area contributed by atoms with Gasteiger partial charge in [-0.2, -0.15) is 0 Å². The molecule has 0 N–H and O–H groups in total. The molecule has 2 aromatic rings. The van der Waals surface area contributed by atoms with Crippen molar-refractivity contribution in [2.45, 2.75) is 5.03 Å². The molecule has 7 heteroatoms. The molecule has 78 valence electrons. The van der Waals surface area contributed by atoms with Crippen LogP contribution in [0, 0.1) is 0 Å². The van der Waals surface area contributed by atoms with Crippen LogP contribution in [-0.4, -0.2) is 23.4 Å². The van der Waals surface area contributed by atoms with Crippen molar-refractivity contribution in [2.24, 2.45) is 0 Å². The predicted octanol–water partition coefficient (Wildman–Crippen LogP) is 1.19. The summed E-state index contributed by atoms with van der Waals surface area (Å²) in [6.45, 7) is 0. The van der Waals surface area contributed by atoms with E-state index in [-0.39, 0.29) is 5.03 Å². The lowest BCUT2D eigenvalue weighted by Gasteiger charge is -1.96. The number of halogens is 1.